The predicted octanol–water partition coefficient (Wildman–Crippen LogP) is 5.54. The molecule has 1 atom stereocenters. The van der Waals surface area contributed by atoms with Crippen LogP contribution in [0.4, 0.5) is 0 Å². The Hall–Kier alpha value is -0.500. The molecule has 0 spiro atoms. The Morgan fingerprint density at radius 1 is 1.18 bits per heavy atom. The molecule has 0 saturated heterocycles. The van der Waals surface area contributed by atoms with Gasteiger partial charge in [0.05, 0.1) is 10.4 Å². The van der Waals surface area contributed by atoms with E-state index in [4.69, 9.17) is 23.2 Å². The van der Waals surface area contributed by atoms with E-state index in [-0.39, 0.29) is 5.38 Å². The van der Waals surface area contributed by atoms with E-state index in [0.717, 1.165) is 16.3 Å². The Morgan fingerprint density at radius 2 is 1.94 bits per heavy atom. The third-order valence-corrected chi connectivity index (χ3v) is 4.89. The largest absolute Gasteiger partial charge is 0.146 e. The zero-order valence-electron chi connectivity index (χ0n) is 9.84. The van der Waals surface area contributed by atoms with Crippen LogP contribution in [0.1, 0.15) is 26.9 Å². The smallest absolute Gasteiger partial charge is 0.0733 e. The van der Waals surface area contributed by atoms with E-state index in [0.29, 0.717) is 0 Å². The number of benzene rings is 1. The quantitative estimate of drug-likeness (QED) is 0.649. The van der Waals surface area contributed by atoms with Crippen LogP contribution in [-0.2, 0) is 6.42 Å². The maximum absolute atomic E-state index is 6.41. The van der Waals surface area contributed by atoms with Crippen LogP contribution in [-0.4, -0.2) is 0 Å². The molecule has 1 aromatic carbocycles. The average molecular weight is 285 g/mol. The number of rotatable bonds is 3. The standard InChI is InChI=1S/C14H14Cl2S/c1-9-3-4-11(7-10(9)2)8-13(16)14-12(15)5-6-17-14/h3-7,13H,8H2,1-2H3. The summed E-state index contributed by atoms with van der Waals surface area (Å²) in [5.41, 5.74) is 3.88. The molecule has 17 heavy (non-hydrogen) atoms. The first kappa shape index (κ1) is 12.9. The van der Waals surface area contributed by atoms with Gasteiger partial charge >= 0.3 is 0 Å². The van der Waals surface area contributed by atoms with Crippen LogP contribution in [0.15, 0.2) is 29.6 Å². The fourth-order valence-electron chi connectivity index (χ4n) is 1.76. The number of halogens is 2. The molecule has 2 aromatic rings. The minimum atomic E-state index is -0.0374. The Bertz CT molecular complexity index is 517. The van der Waals surface area contributed by atoms with E-state index in [1.165, 1.54) is 16.7 Å². The Balaban J connectivity index is 2.16. The van der Waals surface area contributed by atoms with Gasteiger partial charge in [0, 0.05) is 4.88 Å². The van der Waals surface area contributed by atoms with Crippen molar-refractivity contribution in [3.05, 3.63) is 56.2 Å². The van der Waals surface area contributed by atoms with Gasteiger partial charge in [-0.25, -0.2) is 0 Å². The highest BCUT2D eigenvalue weighted by Gasteiger charge is 2.14. The van der Waals surface area contributed by atoms with Crippen molar-refractivity contribution < 1.29 is 0 Å². The second-order valence-electron chi connectivity index (χ2n) is 4.22. The molecule has 0 amide bonds. The minimum absolute atomic E-state index is 0.0374. The monoisotopic (exact) mass is 284 g/mol. The second-order valence-corrected chi connectivity index (χ2v) is 6.10. The highest BCUT2D eigenvalue weighted by Crippen LogP contribution is 2.35. The van der Waals surface area contributed by atoms with Crippen LogP contribution in [0.2, 0.25) is 5.02 Å². The first-order valence-corrected chi connectivity index (χ1v) is 7.20. The third-order valence-electron chi connectivity index (χ3n) is 2.92. The number of hydrogen-bond acceptors (Lipinski definition) is 1. The van der Waals surface area contributed by atoms with Gasteiger partial charge in [0.15, 0.2) is 0 Å². The lowest BCUT2D eigenvalue weighted by Gasteiger charge is -2.10. The fourth-order valence-corrected chi connectivity index (χ4v) is 3.43. The highest BCUT2D eigenvalue weighted by atomic mass is 35.5. The van der Waals surface area contributed by atoms with Crippen molar-refractivity contribution >= 4 is 34.5 Å². The van der Waals surface area contributed by atoms with E-state index in [2.05, 4.69) is 32.0 Å². The molecule has 3 heteroatoms. The summed E-state index contributed by atoms with van der Waals surface area (Å²) in [6.45, 7) is 4.24. The normalized spacial score (nSPS) is 12.7. The van der Waals surface area contributed by atoms with Gasteiger partial charge in [-0.05, 0) is 48.4 Å². The van der Waals surface area contributed by atoms with Gasteiger partial charge in [-0.3, -0.25) is 0 Å². The molecule has 0 N–H and O–H groups in total. The van der Waals surface area contributed by atoms with Crippen LogP contribution >= 0.6 is 34.5 Å². The summed E-state index contributed by atoms with van der Waals surface area (Å²) < 4.78 is 0. The van der Waals surface area contributed by atoms with Gasteiger partial charge in [-0.1, -0.05) is 29.8 Å². The molecule has 0 aliphatic carbocycles. The van der Waals surface area contributed by atoms with Gasteiger partial charge in [-0.2, -0.15) is 0 Å². The van der Waals surface area contributed by atoms with Crippen LogP contribution in [0.3, 0.4) is 0 Å². The van der Waals surface area contributed by atoms with Gasteiger partial charge < -0.3 is 0 Å². The molecule has 0 radical (unpaired) electrons. The minimum Gasteiger partial charge on any atom is -0.146 e. The molecule has 2 rings (SSSR count). The van der Waals surface area contributed by atoms with Gasteiger partial charge in [0.25, 0.3) is 0 Å². The Morgan fingerprint density at radius 3 is 2.53 bits per heavy atom. The molecule has 1 heterocycles. The second kappa shape index (κ2) is 5.43. The summed E-state index contributed by atoms with van der Waals surface area (Å²) in [6.07, 6.45) is 0.822. The number of thiophene rings is 1. The number of aryl methyl sites for hydroxylation is 2. The SMILES string of the molecule is Cc1ccc(CC(Cl)c2sccc2Cl)cc1C. The molecule has 0 aliphatic heterocycles. The maximum atomic E-state index is 6.41. The molecule has 0 nitrogen and oxygen atoms in total. The third kappa shape index (κ3) is 3.04. The van der Waals surface area contributed by atoms with Crippen molar-refractivity contribution in [2.24, 2.45) is 0 Å². The number of hydrogen-bond donors (Lipinski definition) is 0. The Kier molecular flexibility index (Phi) is 4.13. The lowest BCUT2D eigenvalue weighted by atomic mass is 10.0. The van der Waals surface area contributed by atoms with Crippen LogP contribution in [0.25, 0.3) is 0 Å². The zero-order valence-corrected chi connectivity index (χ0v) is 12.2. The summed E-state index contributed by atoms with van der Waals surface area (Å²) in [5, 5.41) is 2.72. The van der Waals surface area contributed by atoms with Crippen molar-refractivity contribution in [3.63, 3.8) is 0 Å². The molecular weight excluding hydrogens is 271 g/mol. The molecule has 1 aromatic heterocycles. The molecule has 0 fully saturated rings. The summed E-state index contributed by atoms with van der Waals surface area (Å²) >= 11 is 14.1. The average Bonchev–Trinajstić information content (AvgIpc) is 2.70. The topological polar surface area (TPSA) is 0 Å². The number of alkyl halides is 1. The maximum Gasteiger partial charge on any atom is 0.0733 e. The van der Waals surface area contributed by atoms with E-state index < -0.39 is 0 Å². The van der Waals surface area contributed by atoms with E-state index >= 15 is 0 Å². The van der Waals surface area contributed by atoms with E-state index in [1.807, 2.05) is 11.4 Å². The highest BCUT2D eigenvalue weighted by molar-refractivity contribution is 7.11. The van der Waals surface area contributed by atoms with Crippen molar-refractivity contribution in [2.75, 3.05) is 0 Å². The fraction of sp³-hybridized carbons (Fsp3) is 0.286. The van der Waals surface area contributed by atoms with Gasteiger partial charge in [0.2, 0.25) is 0 Å². The summed E-state index contributed by atoms with van der Waals surface area (Å²) in [4.78, 5) is 1.06. The van der Waals surface area contributed by atoms with Crippen molar-refractivity contribution in [3.8, 4) is 0 Å². The van der Waals surface area contributed by atoms with Crippen LogP contribution < -0.4 is 0 Å². The van der Waals surface area contributed by atoms with E-state index in [1.54, 1.807) is 11.3 Å². The summed E-state index contributed by atoms with van der Waals surface area (Å²) in [6, 6.07) is 8.38. The van der Waals surface area contributed by atoms with Crippen molar-refractivity contribution in [2.45, 2.75) is 25.6 Å². The lowest BCUT2D eigenvalue weighted by molar-refractivity contribution is 0.937. The van der Waals surface area contributed by atoms with E-state index in [9.17, 15) is 0 Å². The zero-order chi connectivity index (χ0) is 12.4. The van der Waals surface area contributed by atoms with Crippen molar-refractivity contribution in [1.29, 1.82) is 0 Å². The first-order chi connectivity index (χ1) is 8.08. The van der Waals surface area contributed by atoms with Crippen LogP contribution in [0, 0.1) is 13.8 Å². The lowest BCUT2D eigenvalue weighted by Crippen LogP contribution is -1.95. The van der Waals surface area contributed by atoms with Crippen LogP contribution in [0.5, 0.6) is 0 Å². The summed E-state index contributed by atoms with van der Waals surface area (Å²) in [5.74, 6) is 0. The van der Waals surface area contributed by atoms with Gasteiger partial charge in [0.1, 0.15) is 0 Å². The molecule has 0 saturated carbocycles. The molecular formula is C14H14Cl2S. The predicted molar refractivity (Wildman–Crippen MR) is 77.5 cm³/mol. The molecule has 0 aliphatic rings. The van der Waals surface area contributed by atoms with Gasteiger partial charge in [-0.15, -0.1) is 22.9 Å². The van der Waals surface area contributed by atoms with Crippen molar-refractivity contribution in [1.82, 2.24) is 0 Å². The first-order valence-electron chi connectivity index (χ1n) is 5.51. The Labute approximate surface area is 116 Å². The molecule has 1 unspecified atom stereocenters. The summed E-state index contributed by atoms with van der Waals surface area (Å²) in [7, 11) is 0. The molecule has 90 valence electrons. The molecule has 0 bridgehead atoms.